The summed E-state index contributed by atoms with van der Waals surface area (Å²) in [4.78, 5) is 6.67. The van der Waals surface area contributed by atoms with Crippen LogP contribution >= 0.6 is 0 Å². The number of nitrogens with zero attached hydrogens (tertiary/aromatic N) is 2. The van der Waals surface area contributed by atoms with Crippen molar-refractivity contribution in [3.05, 3.63) is 17.8 Å². The molecule has 17 heavy (non-hydrogen) atoms. The fraction of sp³-hybridized carbons (Fsp3) is 0.615. The molecule has 1 saturated heterocycles. The minimum absolute atomic E-state index is 0.483. The number of piperidine rings is 1. The molecule has 0 saturated carbocycles. The molecule has 1 aliphatic rings. The van der Waals surface area contributed by atoms with Crippen molar-refractivity contribution in [2.75, 3.05) is 31.1 Å². The van der Waals surface area contributed by atoms with Crippen LogP contribution in [0, 0.1) is 0 Å². The van der Waals surface area contributed by atoms with Crippen molar-refractivity contribution in [3.63, 3.8) is 0 Å². The lowest BCUT2D eigenvalue weighted by molar-refractivity contribution is 0.213. The number of aromatic nitrogens is 1. The number of likely N-dealkylation sites (tertiary alicyclic amines) is 1. The highest BCUT2D eigenvalue weighted by molar-refractivity contribution is 5.58. The van der Waals surface area contributed by atoms with E-state index in [-0.39, 0.29) is 0 Å². The highest BCUT2D eigenvalue weighted by Gasteiger charge is 2.23. The average Bonchev–Trinajstić information content (AvgIpc) is 2.31. The zero-order chi connectivity index (χ0) is 12.3. The summed E-state index contributed by atoms with van der Waals surface area (Å²) in [6, 6.07) is 1.85. The number of pyridine rings is 1. The molecule has 0 radical (unpaired) electrons. The Bertz CT molecular complexity index is 349. The Balaban J connectivity index is 2.05. The number of nitrogens with two attached hydrogens (primary N) is 2. The predicted octanol–water partition coefficient (Wildman–Crippen LogP) is 1.84. The highest BCUT2D eigenvalue weighted by Crippen LogP contribution is 2.34. The van der Waals surface area contributed by atoms with E-state index in [4.69, 9.17) is 11.5 Å². The molecule has 4 nitrogen and oxygen atoms in total. The Hall–Kier alpha value is -1.29. The number of hydrogen-bond donors (Lipinski definition) is 2. The molecule has 1 fully saturated rings. The second-order valence-electron chi connectivity index (χ2n) is 4.82. The van der Waals surface area contributed by atoms with Crippen LogP contribution in [0.15, 0.2) is 12.3 Å². The molecular weight excluding hydrogens is 212 g/mol. The van der Waals surface area contributed by atoms with Gasteiger partial charge < -0.3 is 16.4 Å². The first kappa shape index (κ1) is 12.2. The van der Waals surface area contributed by atoms with E-state index in [1.807, 2.05) is 6.07 Å². The topological polar surface area (TPSA) is 68.2 Å². The van der Waals surface area contributed by atoms with Gasteiger partial charge in [-0.25, -0.2) is 4.98 Å². The molecule has 0 unspecified atom stereocenters. The summed E-state index contributed by atoms with van der Waals surface area (Å²) < 4.78 is 0. The van der Waals surface area contributed by atoms with Crippen molar-refractivity contribution in [2.45, 2.75) is 32.1 Å². The zero-order valence-corrected chi connectivity index (χ0v) is 10.5. The van der Waals surface area contributed by atoms with Gasteiger partial charge in [0.25, 0.3) is 0 Å². The van der Waals surface area contributed by atoms with Gasteiger partial charge in [0.15, 0.2) is 0 Å². The third-order valence-corrected chi connectivity index (χ3v) is 3.59. The van der Waals surface area contributed by atoms with Crippen LogP contribution in [-0.4, -0.2) is 29.5 Å². The Morgan fingerprint density at radius 3 is 2.65 bits per heavy atom. The van der Waals surface area contributed by atoms with Gasteiger partial charge >= 0.3 is 0 Å². The molecule has 94 valence electrons. The van der Waals surface area contributed by atoms with E-state index in [0.29, 0.717) is 11.7 Å². The first-order chi connectivity index (χ1) is 8.22. The molecule has 0 aromatic carbocycles. The van der Waals surface area contributed by atoms with Crippen LogP contribution in [0.4, 0.5) is 11.5 Å². The predicted molar refractivity (Wildman–Crippen MR) is 71.8 cm³/mol. The SMILES string of the molecule is CCCN1CCC(c2c(N)ccnc2N)CC1. The van der Waals surface area contributed by atoms with Crippen LogP contribution < -0.4 is 11.5 Å². The van der Waals surface area contributed by atoms with Gasteiger partial charge in [-0.05, 0) is 50.9 Å². The smallest absolute Gasteiger partial charge is 0.128 e. The van der Waals surface area contributed by atoms with Crippen LogP contribution in [-0.2, 0) is 0 Å². The highest BCUT2D eigenvalue weighted by atomic mass is 15.1. The standard InChI is InChI=1S/C13H22N4/c1-2-7-17-8-4-10(5-9-17)12-11(14)3-6-16-13(12)15/h3,6,10H,2,4-5,7-9H2,1H3,(H4,14,15,16). The molecule has 1 aromatic rings. The summed E-state index contributed by atoms with van der Waals surface area (Å²) in [6.07, 6.45) is 5.18. The minimum Gasteiger partial charge on any atom is -0.398 e. The molecule has 1 aliphatic heterocycles. The second kappa shape index (κ2) is 5.36. The van der Waals surface area contributed by atoms with E-state index >= 15 is 0 Å². The quantitative estimate of drug-likeness (QED) is 0.837. The van der Waals surface area contributed by atoms with E-state index in [0.717, 1.165) is 37.2 Å². The molecule has 0 aliphatic carbocycles. The fourth-order valence-electron chi connectivity index (χ4n) is 2.71. The summed E-state index contributed by atoms with van der Waals surface area (Å²) in [7, 11) is 0. The van der Waals surface area contributed by atoms with E-state index < -0.39 is 0 Å². The first-order valence-corrected chi connectivity index (χ1v) is 6.44. The summed E-state index contributed by atoms with van der Waals surface area (Å²) in [6.45, 7) is 5.71. The number of nitrogen functional groups attached to an aromatic ring is 2. The van der Waals surface area contributed by atoms with E-state index in [2.05, 4.69) is 16.8 Å². The molecule has 4 heteroatoms. The minimum atomic E-state index is 0.483. The van der Waals surface area contributed by atoms with E-state index in [1.165, 1.54) is 13.0 Å². The largest absolute Gasteiger partial charge is 0.398 e. The van der Waals surface area contributed by atoms with Gasteiger partial charge in [-0.2, -0.15) is 0 Å². The summed E-state index contributed by atoms with van der Waals surface area (Å²) in [5, 5.41) is 0. The molecule has 0 atom stereocenters. The fourth-order valence-corrected chi connectivity index (χ4v) is 2.71. The molecular formula is C13H22N4. The lowest BCUT2D eigenvalue weighted by Gasteiger charge is -2.32. The molecule has 2 rings (SSSR count). The second-order valence-corrected chi connectivity index (χ2v) is 4.82. The maximum absolute atomic E-state index is 6.01. The van der Waals surface area contributed by atoms with Gasteiger partial charge in [0, 0.05) is 17.4 Å². The Morgan fingerprint density at radius 1 is 1.35 bits per heavy atom. The lowest BCUT2D eigenvalue weighted by atomic mass is 9.88. The average molecular weight is 234 g/mol. The van der Waals surface area contributed by atoms with Crippen LogP contribution in [0.25, 0.3) is 0 Å². The van der Waals surface area contributed by atoms with Crippen molar-refractivity contribution in [1.29, 1.82) is 0 Å². The molecule has 0 spiro atoms. The molecule has 2 heterocycles. The third kappa shape index (κ3) is 2.69. The molecule has 1 aromatic heterocycles. The van der Waals surface area contributed by atoms with Crippen LogP contribution in [0.1, 0.15) is 37.7 Å². The summed E-state index contributed by atoms with van der Waals surface area (Å²) in [5.41, 5.74) is 13.8. The van der Waals surface area contributed by atoms with E-state index in [9.17, 15) is 0 Å². The summed E-state index contributed by atoms with van der Waals surface area (Å²) >= 11 is 0. The van der Waals surface area contributed by atoms with Gasteiger partial charge in [-0.15, -0.1) is 0 Å². The van der Waals surface area contributed by atoms with Crippen LogP contribution in [0.3, 0.4) is 0 Å². The Kier molecular flexibility index (Phi) is 3.84. The van der Waals surface area contributed by atoms with Crippen molar-refractivity contribution >= 4 is 11.5 Å². The monoisotopic (exact) mass is 234 g/mol. The van der Waals surface area contributed by atoms with E-state index in [1.54, 1.807) is 6.20 Å². The number of hydrogen-bond acceptors (Lipinski definition) is 4. The number of rotatable bonds is 3. The lowest BCUT2D eigenvalue weighted by Crippen LogP contribution is -2.33. The van der Waals surface area contributed by atoms with Crippen molar-refractivity contribution in [2.24, 2.45) is 0 Å². The molecule has 4 N–H and O–H groups in total. The van der Waals surface area contributed by atoms with Crippen molar-refractivity contribution in [3.8, 4) is 0 Å². The van der Waals surface area contributed by atoms with Crippen LogP contribution in [0.5, 0.6) is 0 Å². The van der Waals surface area contributed by atoms with Gasteiger partial charge in [-0.1, -0.05) is 6.92 Å². The Labute approximate surface area is 103 Å². The van der Waals surface area contributed by atoms with Crippen molar-refractivity contribution < 1.29 is 0 Å². The molecule has 0 amide bonds. The van der Waals surface area contributed by atoms with Crippen molar-refractivity contribution in [1.82, 2.24) is 9.88 Å². The third-order valence-electron chi connectivity index (χ3n) is 3.59. The normalized spacial score (nSPS) is 18.4. The van der Waals surface area contributed by atoms with Gasteiger partial charge in [0.1, 0.15) is 5.82 Å². The zero-order valence-electron chi connectivity index (χ0n) is 10.5. The molecule has 0 bridgehead atoms. The van der Waals surface area contributed by atoms with Crippen LogP contribution in [0.2, 0.25) is 0 Å². The number of anilines is 2. The van der Waals surface area contributed by atoms with Gasteiger partial charge in [0.05, 0.1) is 0 Å². The van der Waals surface area contributed by atoms with Gasteiger partial charge in [-0.3, -0.25) is 0 Å². The van der Waals surface area contributed by atoms with Gasteiger partial charge in [0.2, 0.25) is 0 Å². The maximum atomic E-state index is 6.01. The Morgan fingerprint density at radius 2 is 2.06 bits per heavy atom. The maximum Gasteiger partial charge on any atom is 0.128 e. The summed E-state index contributed by atoms with van der Waals surface area (Å²) in [5.74, 6) is 1.09. The first-order valence-electron chi connectivity index (χ1n) is 6.44.